The van der Waals surface area contributed by atoms with Crippen LogP contribution in [0.4, 0.5) is 0 Å². The second kappa shape index (κ2) is 20.6. The lowest BCUT2D eigenvalue weighted by Crippen LogP contribution is -2.39. The van der Waals surface area contributed by atoms with E-state index in [-0.39, 0.29) is 0 Å². The summed E-state index contributed by atoms with van der Waals surface area (Å²) in [5, 5.41) is 0. The number of ether oxygens (including phenoxy) is 3. The summed E-state index contributed by atoms with van der Waals surface area (Å²) in [6.07, 6.45) is 21.9. The number of hydrogen-bond acceptors (Lipinski definition) is 3. The van der Waals surface area contributed by atoms with Crippen molar-refractivity contribution in [2.45, 2.75) is 136 Å². The van der Waals surface area contributed by atoms with Gasteiger partial charge in [-0.15, -0.1) is 0 Å². The Morgan fingerprint density at radius 1 is 0.481 bits per heavy atom. The third-order valence-corrected chi connectivity index (χ3v) is 5.18. The maximum absolute atomic E-state index is 5.71. The van der Waals surface area contributed by atoms with Gasteiger partial charge in [-0.2, -0.15) is 0 Å². The summed E-state index contributed by atoms with van der Waals surface area (Å²) >= 11 is 0. The first kappa shape index (κ1) is 26.9. The maximum atomic E-state index is 5.71. The fraction of sp³-hybridized carbons (Fsp3) is 1.00. The topological polar surface area (TPSA) is 27.7 Å². The zero-order chi connectivity index (χ0) is 20.1. The maximum Gasteiger partial charge on any atom is 0.282 e. The molecule has 1 aliphatic carbocycles. The van der Waals surface area contributed by atoms with Gasteiger partial charge in [0.05, 0.1) is 0 Å². The van der Waals surface area contributed by atoms with Gasteiger partial charge in [-0.3, -0.25) is 0 Å². The van der Waals surface area contributed by atoms with Crippen molar-refractivity contribution in [2.24, 2.45) is 0 Å². The van der Waals surface area contributed by atoms with Crippen molar-refractivity contribution < 1.29 is 14.2 Å². The minimum Gasteiger partial charge on any atom is -0.328 e. The lowest BCUT2D eigenvalue weighted by Gasteiger charge is -2.32. The van der Waals surface area contributed by atoms with Gasteiger partial charge in [0, 0.05) is 26.2 Å². The molecule has 1 aliphatic rings. The van der Waals surface area contributed by atoms with Crippen molar-refractivity contribution in [2.75, 3.05) is 19.8 Å². The van der Waals surface area contributed by atoms with Crippen molar-refractivity contribution in [3.8, 4) is 0 Å². The van der Waals surface area contributed by atoms with Crippen molar-refractivity contribution in [1.29, 1.82) is 0 Å². The predicted molar refractivity (Wildman–Crippen MR) is 117 cm³/mol. The summed E-state index contributed by atoms with van der Waals surface area (Å²) in [5.74, 6) is -0.804. The Morgan fingerprint density at radius 2 is 0.815 bits per heavy atom. The van der Waals surface area contributed by atoms with Crippen LogP contribution < -0.4 is 0 Å². The molecule has 0 aromatic rings. The summed E-state index contributed by atoms with van der Waals surface area (Å²) in [4.78, 5) is 0. The van der Waals surface area contributed by atoms with Crippen LogP contribution in [0.15, 0.2) is 0 Å². The first-order valence-corrected chi connectivity index (χ1v) is 12.2. The monoisotopic (exact) mass is 386 g/mol. The van der Waals surface area contributed by atoms with Gasteiger partial charge in [-0.05, 0) is 27.2 Å². The van der Waals surface area contributed by atoms with Crippen LogP contribution in [-0.2, 0) is 14.2 Å². The van der Waals surface area contributed by atoms with Gasteiger partial charge in [0.15, 0.2) is 0 Å². The van der Waals surface area contributed by atoms with Crippen LogP contribution in [0.25, 0.3) is 0 Å². The molecule has 0 amide bonds. The van der Waals surface area contributed by atoms with E-state index < -0.39 is 5.97 Å². The lowest BCUT2D eigenvalue weighted by atomic mass is 10.0. The molecule has 0 aliphatic heterocycles. The molecular weight excluding hydrogens is 336 g/mol. The average molecular weight is 387 g/mol. The smallest absolute Gasteiger partial charge is 0.282 e. The Labute approximate surface area is 170 Å². The van der Waals surface area contributed by atoms with Gasteiger partial charge >= 0.3 is 0 Å². The van der Waals surface area contributed by atoms with E-state index in [4.69, 9.17) is 14.2 Å². The van der Waals surface area contributed by atoms with Gasteiger partial charge in [-0.1, -0.05) is 96.8 Å². The van der Waals surface area contributed by atoms with Crippen LogP contribution in [-0.4, -0.2) is 25.8 Å². The molecule has 3 heteroatoms. The summed E-state index contributed by atoms with van der Waals surface area (Å²) in [5.41, 5.74) is 0. The highest BCUT2D eigenvalue weighted by atomic mass is 16.9. The van der Waals surface area contributed by atoms with Gasteiger partial charge in [0.2, 0.25) is 0 Å². The fourth-order valence-corrected chi connectivity index (χ4v) is 3.71. The SMILES string of the molecule is C1CCCCCCC1.CCCCCCCCCC(OCC)(OCC)OCC. The first-order chi connectivity index (χ1) is 13.2. The van der Waals surface area contributed by atoms with Gasteiger partial charge < -0.3 is 14.2 Å². The van der Waals surface area contributed by atoms with Crippen LogP contribution >= 0.6 is 0 Å². The van der Waals surface area contributed by atoms with Gasteiger partial charge in [0.1, 0.15) is 0 Å². The van der Waals surface area contributed by atoms with Crippen molar-refractivity contribution in [3.05, 3.63) is 0 Å². The zero-order valence-corrected chi connectivity index (χ0v) is 19.2. The largest absolute Gasteiger partial charge is 0.328 e. The molecular formula is C24H50O3. The Balaban J connectivity index is 0.000000694. The first-order valence-electron chi connectivity index (χ1n) is 12.2. The zero-order valence-electron chi connectivity index (χ0n) is 19.2. The fourth-order valence-electron chi connectivity index (χ4n) is 3.71. The molecule has 0 saturated heterocycles. The Hall–Kier alpha value is -0.120. The third kappa shape index (κ3) is 16.5. The molecule has 164 valence electrons. The highest BCUT2D eigenvalue weighted by Crippen LogP contribution is 2.24. The van der Waals surface area contributed by atoms with Crippen LogP contribution in [0.5, 0.6) is 0 Å². The van der Waals surface area contributed by atoms with E-state index in [2.05, 4.69) is 6.92 Å². The van der Waals surface area contributed by atoms with Crippen LogP contribution in [0.1, 0.15) is 130 Å². The molecule has 1 rings (SSSR count). The van der Waals surface area contributed by atoms with E-state index in [0.717, 1.165) is 12.8 Å². The number of unbranched alkanes of at least 4 members (excludes halogenated alkanes) is 6. The molecule has 0 heterocycles. The van der Waals surface area contributed by atoms with E-state index in [1.165, 1.54) is 89.9 Å². The summed E-state index contributed by atoms with van der Waals surface area (Å²) in [6.45, 7) is 10.1. The molecule has 0 radical (unpaired) electrons. The minimum absolute atomic E-state index is 0.622. The summed E-state index contributed by atoms with van der Waals surface area (Å²) in [6, 6.07) is 0. The van der Waals surface area contributed by atoms with Gasteiger partial charge in [0.25, 0.3) is 5.97 Å². The lowest BCUT2D eigenvalue weighted by molar-refractivity contribution is -0.380. The third-order valence-electron chi connectivity index (χ3n) is 5.18. The highest BCUT2D eigenvalue weighted by Gasteiger charge is 2.31. The average Bonchev–Trinajstić information content (AvgIpc) is 2.62. The molecule has 1 saturated carbocycles. The minimum atomic E-state index is -0.804. The van der Waals surface area contributed by atoms with Crippen molar-refractivity contribution in [3.63, 3.8) is 0 Å². The van der Waals surface area contributed by atoms with Crippen LogP contribution in [0, 0.1) is 0 Å². The molecule has 1 fully saturated rings. The van der Waals surface area contributed by atoms with Crippen LogP contribution in [0.3, 0.4) is 0 Å². The molecule has 0 unspecified atom stereocenters. The van der Waals surface area contributed by atoms with E-state index in [1.807, 2.05) is 20.8 Å². The molecule has 0 aromatic carbocycles. The van der Waals surface area contributed by atoms with Crippen molar-refractivity contribution >= 4 is 0 Å². The highest BCUT2D eigenvalue weighted by molar-refractivity contribution is 4.59. The van der Waals surface area contributed by atoms with E-state index in [1.54, 1.807) is 0 Å². The standard InChI is InChI=1S/C16H34O3.C8H16/c1-5-9-10-11-12-13-14-15-16(17-6-2,18-7-3)19-8-4;1-2-4-6-8-7-5-3-1/h5-15H2,1-4H3;1-8H2. The number of rotatable bonds is 14. The second-order valence-corrected chi connectivity index (χ2v) is 7.68. The Morgan fingerprint density at radius 3 is 1.15 bits per heavy atom. The van der Waals surface area contributed by atoms with E-state index >= 15 is 0 Å². The normalized spacial score (nSPS) is 15.6. The quantitative estimate of drug-likeness (QED) is 0.223. The van der Waals surface area contributed by atoms with Crippen LogP contribution in [0.2, 0.25) is 0 Å². The molecule has 0 aromatic heterocycles. The second-order valence-electron chi connectivity index (χ2n) is 7.68. The molecule has 3 nitrogen and oxygen atoms in total. The summed E-state index contributed by atoms with van der Waals surface area (Å²) in [7, 11) is 0. The predicted octanol–water partition coefficient (Wildman–Crippen LogP) is 8.01. The molecule has 27 heavy (non-hydrogen) atoms. The molecule has 0 N–H and O–H groups in total. The molecule has 0 spiro atoms. The summed E-state index contributed by atoms with van der Waals surface area (Å²) < 4.78 is 17.1. The molecule has 0 atom stereocenters. The Bertz CT molecular complexity index is 240. The molecule has 0 bridgehead atoms. The van der Waals surface area contributed by atoms with Gasteiger partial charge in [-0.25, -0.2) is 0 Å². The van der Waals surface area contributed by atoms with E-state index in [0.29, 0.717) is 19.8 Å². The Kier molecular flexibility index (Phi) is 20.5. The van der Waals surface area contributed by atoms with E-state index in [9.17, 15) is 0 Å². The van der Waals surface area contributed by atoms with Crippen molar-refractivity contribution in [1.82, 2.24) is 0 Å². The number of hydrogen-bond donors (Lipinski definition) is 0.